The van der Waals surface area contributed by atoms with Gasteiger partial charge in [-0.05, 0) is 40.8 Å². The molecule has 0 rings (SSSR count). The molecule has 1 N–H and O–H groups in total. The highest BCUT2D eigenvalue weighted by Crippen LogP contribution is 2.11. The van der Waals surface area contributed by atoms with Crippen LogP contribution in [0.1, 0.15) is 27.2 Å². The number of hydrogen-bond donors (Lipinski definition) is 1. The maximum absolute atomic E-state index is 11.4. The number of hydrogen-bond acceptors (Lipinski definition) is 4. The molecule has 4 heteroatoms. The number of nitrogens with one attached hydrogen (secondary N) is 1. The molecule has 0 fully saturated rings. The number of ether oxygens (including phenoxy) is 1. The molecule has 0 spiro atoms. The van der Waals surface area contributed by atoms with Crippen LogP contribution in [0.2, 0.25) is 0 Å². The van der Waals surface area contributed by atoms with E-state index >= 15 is 0 Å². The first-order valence-corrected chi connectivity index (χ1v) is 4.73. The largest absolute Gasteiger partial charge is 0.459 e. The van der Waals surface area contributed by atoms with Gasteiger partial charge in [-0.1, -0.05) is 0 Å². The van der Waals surface area contributed by atoms with Crippen LogP contribution >= 0.6 is 0 Å². The summed E-state index contributed by atoms with van der Waals surface area (Å²) in [5.74, 6) is -1.09. The average molecular weight is 201 g/mol. The molecule has 82 valence electrons. The van der Waals surface area contributed by atoms with Crippen molar-refractivity contribution in [2.75, 3.05) is 13.6 Å². The molecular weight excluding hydrogens is 182 g/mol. The van der Waals surface area contributed by atoms with Crippen molar-refractivity contribution < 1.29 is 14.3 Å². The lowest BCUT2D eigenvalue weighted by atomic mass is 10.1. The predicted octanol–water partition coefficient (Wildman–Crippen LogP) is 0.753. The Balaban J connectivity index is 4.11. The summed E-state index contributed by atoms with van der Waals surface area (Å²) in [4.78, 5) is 22.0. The SMILES string of the molecule is CNCCC(C=O)C(=O)OC(C)(C)C. The van der Waals surface area contributed by atoms with E-state index in [4.69, 9.17) is 4.74 Å². The van der Waals surface area contributed by atoms with Crippen molar-refractivity contribution >= 4 is 12.3 Å². The minimum atomic E-state index is -0.651. The Bertz CT molecular complexity index is 196. The van der Waals surface area contributed by atoms with E-state index in [2.05, 4.69) is 5.32 Å². The lowest BCUT2D eigenvalue weighted by molar-refractivity contribution is -0.160. The summed E-state index contributed by atoms with van der Waals surface area (Å²) < 4.78 is 5.09. The van der Waals surface area contributed by atoms with Crippen molar-refractivity contribution in [2.45, 2.75) is 32.8 Å². The van der Waals surface area contributed by atoms with Gasteiger partial charge in [0.05, 0.1) is 0 Å². The molecule has 0 bridgehead atoms. The fraction of sp³-hybridized carbons (Fsp3) is 0.800. The second-order valence-corrected chi connectivity index (χ2v) is 4.17. The van der Waals surface area contributed by atoms with Crippen LogP contribution in [-0.4, -0.2) is 31.4 Å². The third kappa shape index (κ3) is 5.70. The average Bonchev–Trinajstić information content (AvgIpc) is 2.02. The quantitative estimate of drug-likeness (QED) is 0.405. The Morgan fingerprint density at radius 1 is 1.50 bits per heavy atom. The van der Waals surface area contributed by atoms with Crippen molar-refractivity contribution in [3.8, 4) is 0 Å². The lowest BCUT2D eigenvalue weighted by Crippen LogP contribution is -2.30. The minimum absolute atomic E-state index is 0.442. The Morgan fingerprint density at radius 3 is 2.43 bits per heavy atom. The van der Waals surface area contributed by atoms with Crippen LogP contribution in [0.4, 0.5) is 0 Å². The van der Waals surface area contributed by atoms with Crippen molar-refractivity contribution in [1.29, 1.82) is 0 Å². The molecule has 0 aromatic carbocycles. The third-order valence-electron chi connectivity index (χ3n) is 1.58. The first kappa shape index (κ1) is 13.1. The van der Waals surface area contributed by atoms with Gasteiger partial charge in [0.1, 0.15) is 17.8 Å². The van der Waals surface area contributed by atoms with Gasteiger partial charge in [-0.25, -0.2) is 0 Å². The zero-order valence-electron chi connectivity index (χ0n) is 9.29. The number of rotatable bonds is 5. The smallest absolute Gasteiger partial charge is 0.316 e. The van der Waals surface area contributed by atoms with Gasteiger partial charge in [0.15, 0.2) is 0 Å². The molecular formula is C10H19NO3. The van der Waals surface area contributed by atoms with Crippen LogP contribution in [0, 0.1) is 5.92 Å². The van der Waals surface area contributed by atoms with Crippen molar-refractivity contribution in [3.05, 3.63) is 0 Å². The number of aldehydes is 1. The van der Waals surface area contributed by atoms with Gasteiger partial charge in [-0.15, -0.1) is 0 Å². The maximum atomic E-state index is 11.4. The van der Waals surface area contributed by atoms with E-state index in [1.54, 1.807) is 27.8 Å². The van der Waals surface area contributed by atoms with Gasteiger partial charge in [-0.3, -0.25) is 4.79 Å². The van der Waals surface area contributed by atoms with Crippen LogP contribution in [0.5, 0.6) is 0 Å². The fourth-order valence-corrected chi connectivity index (χ4v) is 0.919. The van der Waals surface area contributed by atoms with Gasteiger partial charge in [0, 0.05) is 0 Å². The second kappa shape index (κ2) is 5.75. The highest BCUT2D eigenvalue weighted by atomic mass is 16.6. The fourth-order valence-electron chi connectivity index (χ4n) is 0.919. The molecule has 0 radical (unpaired) electrons. The normalized spacial score (nSPS) is 13.4. The molecule has 14 heavy (non-hydrogen) atoms. The third-order valence-corrected chi connectivity index (χ3v) is 1.58. The molecule has 0 aliphatic heterocycles. The Kier molecular flexibility index (Phi) is 5.38. The van der Waals surface area contributed by atoms with Crippen LogP contribution in [0.15, 0.2) is 0 Å². The van der Waals surface area contributed by atoms with E-state index in [-0.39, 0.29) is 0 Å². The molecule has 0 aliphatic carbocycles. The number of esters is 1. The van der Waals surface area contributed by atoms with E-state index in [1.165, 1.54) is 0 Å². The summed E-state index contributed by atoms with van der Waals surface area (Å²) >= 11 is 0. The molecule has 0 saturated heterocycles. The Morgan fingerprint density at radius 2 is 2.07 bits per heavy atom. The van der Waals surface area contributed by atoms with Gasteiger partial charge in [0.2, 0.25) is 0 Å². The molecule has 0 aromatic heterocycles. The van der Waals surface area contributed by atoms with Crippen molar-refractivity contribution in [2.24, 2.45) is 5.92 Å². The Labute approximate surface area is 85.0 Å². The highest BCUT2D eigenvalue weighted by molar-refractivity contribution is 5.87. The van der Waals surface area contributed by atoms with Crippen LogP contribution in [0.3, 0.4) is 0 Å². The van der Waals surface area contributed by atoms with E-state index in [1.807, 2.05) is 0 Å². The molecule has 0 aliphatic rings. The summed E-state index contributed by atoms with van der Waals surface area (Å²) in [6.45, 7) is 5.98. The van der Waals surface area contributed by atoms with Crippen LogP contribution in [0.25, 0.3) is 0 Å². The van der Waals surface area contributed by atoms with E-state index in [9.17, 15) is 9.59 Å². The first-order chi connectivity index (χ1) is 6.40. The highest BCUT2D eigenvalue weighted by Gasteiger charge is 2.23. The Hall–Kier alpha value is -0.900. The zero-order valence-corrected chi connectivity index (χ0v) is 9.29. The summed E-state index contributed by atoms with van der Waals surface area (Å²) in [6, 6.07) is 0. The summed E-state index contributed by atoms with van der Waals surface area (Å²) in [5.41, 5.74) is -0.530. The molecule has 0 heterocycles. The monoisotopic (exact) mass is 201 g/mol. The maximum Gasteiger partial charge on any atom is 0.316 e. The lowest BCUT2D eigenvalue weighted by Gasteiger charge is -2.21. The minimum Gasteiger partial charge on any atom is -0.459 e. The van der Waals surface area contributed by atoms with Gasteiger partial charge >= 0.3 is 5.97 Å². The molecule has 1 atom stereocenters. The van der Waals surface area contributed by atoms with E-state index in [0.29, 0.717) is 19.3 Å². The summed E-state index contributed by atoms with van der Waals surface area (Å²) in [6.07, 6.45) is 1.13. The summed E-state index contributed by atoms with van der Waals surface area (Å²) in [7, 11) is 1.77. The van der Waals surface area contributed by atoms with Crippen molar-refractivity contribution in [3.63, 3.8) is 0 Å². The molecule has 0 aromatic rings. The molecule has 0 amide bonds. The zero-order chi connectivity index (χ0) is 11.2. The number of carbonyl (C=O) groups is 2. The molecule has 0 saturated carbocycles. The topological polar surface area (TPSA) is 55.4 Å². The summed E-state index contributed by atoms with van der Waals surface area (Å²) in [5, 5.41) is 2.88. The van der Waals surface area contributed by atoms with E-state index < -0.39 is 17.5 Å². The van der Waals surface area contributed by atoms with Gasteiger partial charge in [-0.2, -0.15) is 0 Å². The standard InChI is InChI=1S/C10H19NO3/c1-10(2,3)14-9(13)8(7-12)5-6-11-4/h7-8,11H,5-6H2,1-4H3. The number of carbonyl (C=O) groups excluding carboxylic acids is 2. The molecule has 1 unspecified atom stereocenters. The van der Waals surface area contributed by atoms with Gasteiger partial charge < -0.3 is 14.8 Å². The molecule has 4 nitrogen and oxygen atoms in total. The van der Waals surface area contributed by atoms with Crippen LogP contribution in [-0.2, 0) is 14.3 Å². The second-order valence-electron chi connectivity index (χ2n) is 4.17. The predicted molar refractivity (Wildman–Crippen MR) is 53.9 cm³/mol. The van der Waals surface area contributed by atoms with Crippen LogP contribution < -0.4 is 5.32 Å². The van der Waals surface area contributed by atoms with Gasteiger partial charge in [0.25, 0.3) is 0 Å². The van der Waals surface area contributed by atoms with Crippen molar-refractivity contribution in [1.82, 2.24) is 5.32 Å². The first-order valence-electron chi connectivity index (χ1n) is 4.73. The van der Waals surface area contributed by atoms with E-state index in [0.717, 1.165) is 0 Å².